The lowest BCUT2D eigenvalue weighted by Gasteiger charge is -2.10. The van der Waals surface area contributed by atoms with Gasteiger partial charge in [-0.25, -0.2) is 9.59 Å². The van der Waals surface area contributed by atoms with Crippen molar-refractivity contribution < 1.29 is 19.1 Å². The molecule has 138 valence electrons. The summed E-state index contributed by atoms with van der Waals surface area (Å²) in [5.41, 5.74) is 0.422. The zero-order chi connectivity index (χ0) is 19.1. The van der Waals surface area contributed by atoms with Crippen molar-refractivity contribution >= 4 is 22.7 Å². The van der Waals surface area contributed by atoms with E-state index in [-0.39, 0.29) is 11.1 Å². The number of benzene rings is 3. The molecule has 0 atom stereocenters. The van der Waals surface area contributed by atoms with Gasteiger partial charge in [0.15, 0.2) is 0 Å². The second-order valence-electron chi connectivity index (χ2n) is 6.29. The Balaban J connectivity index is 1.75. The highest BCUT2D eigenvalue weighted by Crippen LogP contribution is 2.22. The van der Waals surface area contributed by atoms with Crippen molar-refractivity contribution in [3.63, 3.8) is 0 Å². The highest BCUT2D eigenvalue weighted by molar-refractivity contribution is 6.04. The summed E-state index contributed by atoms with van der Waals surface area (Å²) >= 11 is 0. The van der Waals surface area contributed by atoms with Gasteiger partial charge in [-0.2, -0.15) is 0 Å². The molecule has 0 N–H and O–H groups in total. The molecule has 0 unspecified atom stereocenters. The van der Waals surface area contributed by atoms with E-state index in [0.717, 1.165) is 30.0 Å². The Bertz CT molecular complexity index is 946. The maximum absolute atomic E-state index is 12.6. The number of unbranched alkanes of at least 4 members (excludes halogenated alkanes) is 2. The zero-order valence-electron chi connectivity index (χ0n) is 15.3. The molecule has 3 aromatic carbocycles. The van der Waals surface area contributed by atoms with Crippen molar-refractivity contribution in [2.75, 3.05) is 6.61 Å². The molecule has 3 aromatic rings. The molecule has 0 radical (unpaired) electrons. The van der Waals surface area contributed by atoms with Crippen LogP contribution in [0.2, 0.25) is 0 Å². The summed E-state index contributed by atoms with van der Waals surface area (Å²) < 4.78 is 10.8. The number of hydrogen-bond donors (Lipinski definition) is 0. The lowest BCUT2D eigenvalue weighted by atomic mass is 10.1. The first-order valence-electron chi connectivity index (χ1n) is 9.16. The molecule has 27 heavy (non-hydrogen) atoms. The molecule has 0 aliphatic carbocycles. The third kappa shape index (κ3) is 4.73. The zero-order valence-corrected chi connectivity index (χ0v) is 15.3. The SMILES string of the molecule is CCCCCOC(=O)c1ccccc1C(=O)Oc1ccc2ccccc2c1. The Morgan fingerprint density at radius 3 is 2.19 bits per heavy atom. The normalized spacial score (nSPS) is 10.6. The average molecular weight is 362 g/mol. The van der Waals surface area contributed by atoms with E-state index < -0.39 is 11.9 Å². The van der Waals surface area contributed by atoms with Crippen LogP contribution in [0.3, 0.4) is 0 Å². The van der Waals surface area contributed by atoms with E-state index in [2.05, 4.69) is 6.92 Å². The van der Waals surface area contributed by atoms with Gasteiger partial charge in [-0.15, -0.1) is 0 Å². The molecule has 3 rings (SSSR count). The van der Waals surface area contributed by atoms with Gasteiger partial charge in [-0.05, 0) is 41.5 Å². The summed E-state index contributed by atoms with van der Waals surface area (Å²) in [5, 5.41) is 2.04. The van der Waals surface area contributed by atoms with Crippen LogP contribution < -0.4 is 4.74 Å². The van der Waals surface area contributed by atoms with Crippen LogP contribution in [0.15, 0.2) is 66.7 Å². The summed E-state index contributed by atoms with van der Waals surface area (Å²) in [4.78, 5) is 25.0. The second kappa shape index (κ2) is 8.99. The Labute approximate surface area is 158 Å². The minimum atomic E-state index is -0.577. The predicted octanol–water partition coefficient (Wildman–Crippen LogP) is 5.41. The van der Waals surface area contributed by atoms with Gasteiger partial charge in [0.2, 0.25) is 0 Å². The number of hydrogen-bond acceptors (Lipinski definition) is 4. The number of ether oxygens (including phenoxy) is 2. The molecule has 0 aliphatic heterocycles. The predicted molar refractivity (Wildman–Crippen MR) is 105 cm³/mol. The first-order chi connectivity index (χ1) is 13.2. The lowest BCUT2D eigenvalue weighted by molar-refractivity contribution is 0.0490. The fourth-order valence-electron chi connectivity index (χ4n) is 2.83. The summed E-state index contributed by atoms with van der Waals surface area (Å²) in [6.45, 7) is 2.43. The Kier molecular flexibility index (Phi) is 6.21. The topological polar surface area (TPSA) is 52.6 Å². The van der Waals surface area contributed by atoms with Crippen LogP contribution in [0.5, 0.6) is 5.75 Å². The molecule has 0 saturated heterocycles. The van der Waals surface area contributed by atoms with Crippen LogP contribution in [0.1, 0.15) is 46.9 Å². The van der Waals surface area contributed by atoms with Gasteiger partial charge in [-0.3, -0.25) is 0 Å². The first kappa shape index (κ1) is 18.6. The summed E-state index contributed by atoms with van der Waals surface area (Å²) in [7, 11) is 0. The van der Waals surface area contributed by atoms with E-state index in [4.69, 9.17) is 9.47 Å². The molecule has 0 amide bonds. The maximum atomic E-state index is 12.6. The molecule has 4 heteroatoms. The molecule has 0 saturated carbocycles. The van der Waals surface area contributed by atoms with Crippen LogP contribution in [0.25, 0.3) is 10.8 Å². The number of esters is 2. The van der Waals surface area contributed by atoms with E-state index in [1.807, 2.05) is 30.3 Å². The number of carbonyl (C=O) groups is 2. The highest BCUT2D eigenvalue weighted by atomic mass is 16.5. The van der Waals surface area contributed by atoms with E-state index in [1.165, 1.54) is 0 Å². The molecule has 0 spiro atoms. The van der Waals surface area contributed by atoms with E-state index in [1.54, 1.807) is 36.4 Å². The van der Waals surface area contributed by atoms with Gasteiger partial charge in [-0.1, -0.05) is 62.2 Å². The number of rotatable bonds is 7. The third-order valence-corrected chi connectivity index (χ3v) is 4.28. The molecular weight excluding hydrogens is 340 g/mol. The fraction of sp³-hybridized carbons (Fsp3) is 0.217. The van der Waals surface area contributed by atoms with Crippen LogP contribution >= 0.6 is 0 Å². The number of fused-ring (bicyclic) bond motifs is 1. The van der Waals surface area contributed by atoms with Crippen molar-refractivity contribution in [1.82, 2.24) is 0 Å². The number of carbonyl (C=O) groups excluding carboxylic acids is 2. The monoisotopic (exact) mass is 362 g/mol. The molecule has 0 aromatic heterocycles. The highest BCUT2D eigenvalue weighted by Gasteiger charge is 2.19. The van der Waals surface area contributed by atoms with E-state index in [9.17, 15) is 9.59 Å². The lowest BCUT2D eigenvalue weighted by Crippen LogP contribution is -2.16. The van der Waals surface area contributed by atoms with Gasteiger partial charge < -0.3 is 9.47 Å². The third-order valence-electron chi connectivity index (χ3n) is 4.28. The van der Waals surface area contributed by atoms with Crippen molar-refractivity contribution in [1.29, 1.82) is 0 Å². The minimum Gasteiger partial charge on any atom is -0.462 e. The maximum Gasteiger partial charge on any atom is 0.344 e. The van der Waals surface area contributed by atoms with Gasteiger partial charge in [0.1, 0.15) is 5.75 Å². The van der Waals surface area contributed by atoms with E-state index >= 15 is 0 Å². The van der Waals surface area contributed by atoms with Crippen LogP contribution in [-0.4, -0.2) is 18.5 Å². The van der Waals surface area contributed by atoms with Crippen molar-refractivity contribution in [3.05, 3.63) is 77.9 Å². The minimum absolute atomic E-state index is 0.200. The Hall–Kier alpha value is -3.14. The van der Waals surface area contributed by atoms with E-state index in [0.29, 0.717) is 12.4 Å². The summed E-state index contributed by atoms with van der Waals surface area (Å²) in [5.74, 6) is -0.645. The standard InChI is InChI=1S/C23H22O4/c1-2-3-8-15-26-22(24)20-11-6-7-12-21(20)23(25)27-19-14-13-17-9-4-5-10-18(17)16-19/h4-7,9-14,16H,2-3,8,15H2,1H3. The Morgan fingerprint density at radius 2 is 1.44 bits per heavy atom. The van der Waals surface area contributed by atoms with Crippen molar-refractivity contribution in [2.45, 2.75) is 26.2 Å². The first-order valence-corrected chi connectivity index (χ1v) is 9.16. The van der Waals surface area contributed by atoms with Crippen molar-refractivity contribution in [3.8, 4) is 5.75 Å². The average Bonchev–Trinajstić information content (AvgIpc) is 2.71. The van der Waals surface area contributed by atoms with Crippen molar-refractivity contribution in [2.24, 2.45) is 0 Å². The smallest absolute Gasteiger partial charge is 0.344 e. The Morgan fingerprint density at radius 1 is 0.778 bits per heavy atom. The quantitative estimate of drug-likeness (QED) is 0.320. The second-order valence-corrected chi connectivity index (χ2v) is 6.29. The van der Waals surface area contributed by atoms with Crippen LogP contribution in [0, 0.1) is 0 Å². The molecule has 0 bridgehead atoms. The molecule has 0 aliphatic rings. The molecular formula is C23H22O4. The van der Waals surface area contributed by atoms with Crippen LogP contribution in [-0.2, 0) is 4.74 Å². The molecule has 4 nitrogen and oxygen atoms in total. The summed E-state index contributed by atoms with van der Waals surface area (Å²) in [6.07, 6.45) is 2.86. The fourth-order valence-corrected chi connectivity index (χ4v) is 2.83. The van der Waals surface area contributed by atoms with Gasteiger partial charge in [0, 0.05) is 0 Å². The van der Waals surface area contributed by atoms with Gasteiger partial charge in [0.05, 0.1) is 17.7 Å². The van der Waals surface area contributed by atoms with Gasteiger partial charge >= 0.3 is 11.9 Å². The molecule has 0 fully saturated rings. The molecule has 0 heterocycles. The van der Waals surface area contributed by atoms with Crippen LogP contribution in [0.4, 0.5) is 0 Å². The summed E-state index contributed by atoms with van der Waals surface area (Å²) in [6, 6.07) is 19.8. The van der Waals surface area contributed by atoms with Gasteiger partial charge in [0.25, 0.3) is 0 Å². The largest absolute Gasteiger partial charge is 0.462 e.